The smallest absolute Gasteiger partial charge is 0.165 e. The minimum atomic E-state index is -1.02. The summed E-state index contributed by atoms with van der Waals surface area (Å²) in [5.41, 5.74) is 0.968. The topological polar surface area (TPSA) is 21.3 Å². The molecule has 0 aliphatic carbocycles. The summed E-state index contributed by atoms with van der Waals surface area (Å²) in [5, 5.41) is 3.02. The van der Waals surface area contributed by atoms with Gasteiger partial charge in [-0.2, -0.15) is 0 Å². The third-order valence-electron chi connectivity index (χ3n) is 3.15. The fourth-order valence-electron chi connectivity index (χ4n) is 2.12. The molecule has 0 radical (unpaired) electrons. The molecule has 0 saturated heterocycles. The first-order valence-corrected chi connectivity index (χ1v) is 6.51. The zero-order chi connectivity index (χ0) is 15.6. The Balaban J connectivity index is 2.52. The molecule has 2 aromatic rings. The van der Waals surface area contributed by atoms with E-state index >= 15 is 0 Å². The van der Waals surface area contributed by atoms with Gasteiger partial charge in [0.05, 0.1) is 13.2 Å². The van der Waals surface area contributed by atoms with Crippen LogP contribution in [0.25, 0.3) is 0 Å². The van der Waals surface area contributed by atoms with Gasteiger partial charge in [-0.05, 0) is 42.4 Å². The average Bonchev–Trinajstić information content (AvgIpc) is 2.46. The second-order valence-corrected chi connectivity index (χ2v) is 4.81. The number of ether oxygens (including phenoxy) is 1. The van der Waals surface area contributed by atoms with Crippen molar-refractivity contribution in [3.8, 4) is 5.75 Å². The summed E-state index contributed by atoms with van der Waals surface area (Å²) < 4.78 is 45.0. The van der Waals surface area contributed by atoms with Crippen LogP contribution in [-0.4, -0.2) is 14.2 Å². The van der Waals surface area contributed by atoms with Crippen LogP contribution in [0, 0.1) is 17.5 Å². The average molecular weight is 316 g/mol. The fraction of sp³-hybridized carbons (Fsp3) is 0.200. The second kappa shape index (κ2) is 6.37. The molecule has 6 heteroatoms. The molecule has 0 amide bonds. The van der Waals surface area contributed by atoms with Crippen LogP contribution in [0.5, 0.6) is 5.75 Å². The highest BCUT2D eigenvalue weighted by molar-refractivity contribution is 6.31. The molecular formula is C15H13ClF3NO. The molecule has 112 valence electrons. The predicted octanol–water partition coefficient (Wildman–Crippen LogP) is 4.07. The van der Waals surface area contributed by atoms with Crippen LogP contribution < -0.4 is 10.1 Å². The largest absolute Gasteiger partial charge is 0.494 e. The van der Waals surface area contributed by atoms with Crippen molar-refractivity contribution in [3.63, 3.8) is 0 Å². The van der Waals surface area contributed by atoms with Crippen molar-refractivity contribution in [3.05, 3.63) is 63.9 Å². The monoisotopic (exact) mass is 315 g/mol. The van der Waals surface area contributed by atoms with E-state index in [0.29, 0.717) is 11.1 Å². The van der Waals surface area contributed by atoms with Gasteiger partial charge in [0.25, 0.3) is 0 Å². The molecule has 2 rings (SSSR count). The van der Waals surface area contributed by atoms with Crippen LogP contribution in [-0.2, 0) is 0 Å². The molecule has 2 nitrogen and oxygen atoms in total. The zero-order valence-electron chi connectivity index (χ0n) is 11.4. The standard InChI is InChI=1S/C15H13ClF3NO/c1-20-15(8-3-4-11(17)14(5-8)21-2)9-6-12(18)13(19)7-10(9)16/h3-7,15,20H,1-2H3. The highest BCUT2D eigenvalue weighted by Gasteiger charge is 2.19. The summed E-state index contributed by atoms with van der Waals surface area (Å²) in [5.74, 6) is -2.46. The van der Waals surface area contributed by atoms with Gasteiger partial charge < -0.3 is 10.1 Å². The van der Waals surface area contributed by atoms with Gasteiger partial charge in [0.2, 0.25) is 0 Å². The van der Waals surface area contributed by atoms with Crippen molar-refractivity contribution in [2.75, 3.05) is 14.2 Å². The van der Waals surface area contributed by atoms with Gasteiger partial charge in [0, 0.05) is 5.02 Å². The number of nitrogens with one attached hydrogen (secondary N) is 1. The summed E-state index contributed by atoms with van der Waals surface area (Å²) in [7, 11) is 2.99. The summed E-state index contributed by atoms with van der Waals surface area (Å²) in [6, 6.07) is 5.66. The summed E-state index contributed by atoms with van der Waals surface area (Å²) in [6.07, 6.45) is 0. The Morgan fingerprint density at radius 2 is 1.71 bits per heavy atom. The van der Waals surface area contributed by atoms with Crippen molar-refractivity contribution in [1.82, 2.24) is 5.32 Å². The van der Waals surface area contributed by atoms with Gasteiger partial charge >= 0.3 is 0 Å². The van der Waals surface area contributed by atoms with E-state index in [1.54, 1.807) is 7.05 Å². The van der Waals surface area contributed by atoms with Crippen molar-refractivity contribution >= 4 is 11.6 Å². The van der Waals surface area contributed by atoms with Crippen molar-refractivity contribution in [2.45, 2.75) is 6.04 Å². The minimum absolute atomic E-state index is 0.0615. The van der Waals surface area contributed by atoms with Gasteiger partial charge in [0.1, 0.15) is 0 Å². The molecule has 1 unspecified atom stereocenters. The molecule has 0 saturated carbocycles. The number of hydrogen-bond donors (Lipinski definition) is 1. The maximum atomic E-state index is 13.5. The van der Waals surface area contributed by atoms with Crippen LogP contribution in [0.3, 0.4) is 0 Å². The van der Waals surface area contributed by atoms with E-state index in [1.807, 2.05) is 0 Å². The predicted molar refractivity (Wildman–Crippen MR) is 75.2 cm³/mol. The summed E-state index contributed by atoms with van der Waals surface area (Å²) >= 11 is 5.98. The Bertz CT molecular complexity index is 664. The lowest BCUT2D eigenvalue weighted by molar-refractivity contribution is 0.385. The summed E-state index contributed by atoms with van der Waals surface area (Å²) in [6.45, 7) is 0. The third-order valence-corrected chi connectivity index (χ3v) is 3.48. The van der Waals surface area contributed by atoms with Crippen LogP contribution in [0.15, 0.2) is 30.3 Å². The van der Waals surface area contributed by atoms with Gasteiger partial charge in [0.15, 0.2) is 23.2 Å². The SMILES string of the molecule is CNC(c1ccc(F)c(OC)c1)c1cc(F)c(F)cc1Cl. The number of rotatable bonds is 4. The number of benzene rings is 2. The summed E-state index contributed by atoms with van der Waals surface area (Å²) in [4.78, 5) is 0. The van der Waals surface area contributed by atoms with Crippen LogP contribution in [0.4, 0.5) is 13.2 Å². The molecule has 1 N–H and O–H groups in total. The molecule has 0 heterocycles. The zero-order valence-corrected chi connectivity index (χ0v) is 12.1. The van der Waals surface area contributed by atoms with Crippen LogP contribution in [0.2, 0.25) is 5.02 Å². The quantitative estimate of drug-likeness (QED) is 0.859. The second-order valence-electron chi connectivity index (χ2n) is 4.40. The maximum Gasteiger partial charge on any atom is 0.165 e. The maximum absolute atomic E-state index is 13.5. The van der Waals surface area contributed by atoms with Crippen molar-refractivity contribution in [2.24, 2.45) is 0 Å². The number of methoxy groups -OCH3 is 1. The van der Waals surface area contributed by atoms with Gasteiger partial charge in [-0.1, -0.05) is 17.7 Å². The van der Waals surface area contributed by atoms with E-state index in [-0.39, 0.29) is 10.8 Å². The highest BCUT2D eigenvalue weighted by Crippen LogP contribution is 2.32. The molecule has 21 heavy (non-hydrogen) atoms. The Morgan fingerprint density at radius 3 is 2.33 bits per heavy atom. The van der Waals surface area contributed by atoms with Crippen LogP contribution in [0.1, 0.15) is 17.2 Å². The van der Waals surface area contributed by atoms with E-state index in [0.717, 1.165) is 12.1 Å². The van der Waals surface area contributed by atoms with Gasteiger partial charge in [-0.15, -0.1) is 0 Å². The molecule has 2 aromatic carbocycles. The number of hydrogen-bond acceptors (Lipinski definition) is 2. The van der Waals surface area contributed by atoms with E-state index in [9.17, 15) is 13.2 Å². The lowest BCUT2D eigenvalue weighted by Gasteiger charge is -2.19. The molecule has 0 bridgehead atoms. The van der Waals surface area contributed by atoms with E-state index in [2.05, 4.69) is 5.32 Å². The first-order chi connectivity index (χ1) is 9.97. The lowest BCUT2D eigenvalue weighted by atomic mass is 9.98. The fourth-order valence-corrected chi connectivity index (χ4v) is 2.38. The number of halogens is 4. The lowest BCUT2D eigenvalue weighted by Crippen LogP contribution is -2.18. The Labute approximate surface area is 125 Å². The Hall–Kier alpha value is -1.72. The molecule has 1 atom stereocenters. The van der Waals surface area contributed by atoms with Crippen LogP contribution >= 0.6 is 11.6 Å². The van der Waals surface area contributed by atoms with Crippen molar-refractivity contribution < 1.29 is 17.9 Å². The molecule has 0 fully saturated rings. The normalized spacial score (nSPS) is 12.3. The van der Waals surface area contributed by atoms with E-state index in [4.69, 9.17) is 16.3 Å². The first kappa shape index (κ1) is 15.7. The van der Waals surface area contributed by atoms with E-state index in [1.165, 1.54) is 25.3 Å². The Morgan fingerprint density at radius 1 is 1.05 bits per heavy atom. The molecular weight excluding hydrogens is 303 g/mol. The first-order valence-electron chi connectivity index (χ1n) is 6.13. The van der Waals surface area contributed by atoms with Gasteiger partial charge in [-0.3, -0.25) is 0 Å². The third kappa shape index (κ3) is 3.14. The molecule has 0 aromatic heterocycles. The molecule has 0 spiro atoms. The minimum Gasteiger partial charge on any atom is -0.494 e. The molecule has 0 aliphatic heterocycles. The van der Waals surface area contributed by atoms with E-state index < -0.39 is 23.5 Å². The molecule has 0 aliphatic rings. The Kier molecular flexibility index (Phi) is 4.75. The highest BCUT2D eigenvalue weighted by atomic mass is 35.5. The van der Waals surface area contributed by atoms with Gasteiger partial charge in [-0.25, -0.2) is 13.2 Å². The van der Waals surface area contributed by atoms with Crippen molar-refractivity contribution in [1.29, 1.82) is 0 Å².